The van der Waals surface area contributed by atoms with Crippen LogP contribution in [0.25, 0.3) is 0 Å². The average Bonchev–Trinajstić information content (AvgIpc) is 2.79. The van der Waals surface area contributed by atoms with Crippen LogP contribution in [-0.4, -0.2) is 23.3 Å². The van der Waals surface area contributed by atoms with Crippen LogP contribution in [0.2, 0.25) is 0 Å². The van der Waals surface area contributed by atoms with Crippen molar-refractivity contribution in [2.45, 2.75) is 6.54 Å². The second-order valence-electron chi connectivity index (χ2n) is 5.14. The van der Waals surface area contributed by atoms with Gasteiger partial charge in [-0.25, -0.2) is 0 Å². The molecular formula is C28H15N2Si. The van der Waals surface area contributed by atoms with Gasteiger partial charge in [0.2, 0.25) is 0 Å². The summed E-state index contributed by atoms with van der Waals surface area (Å²) in [6, 6.07) is 10.2. The largest absolute Gasteiger partial charge is 0.385 e. The molecule has 0 aliphatic carbocycles. The predicted molar refractivity (Wildman–Crippen MR) is 121 cm³/mol. The Labute approximate surface area is 185 Å². The lowest BCUT2D eigenvalue weighted by atomic mass is 10.2. The molecule has 0 unspecified atom stereocenters. The van der Waals surface area contributed by atoms with E-state index < -0.39 is 0 Å². The monoisotopic (exact) mass is 407 g/mol. The topological polar surface area (TPSA) is 24.1 Å². The van der Waals surface area contributed by atoms with E-state index in [4.69, 9.17) is 0 Å². The van der Waals surface area contributed by atoms with Crippen LogP contribution in [0.4, 0.5) is 0 Å². The fraction of sp³-hybridized carbons (Fsp3) is 0.107. The van der Waals surface area contributed by atoms with Crippen molar-refractivity contribution in [2.24, 2.45) is 0 Å². The van der Waals surface area contributed by atoms with E-state index in [1.807, 2.05) is 18.2 Å². The molecule has 0 aliphatic rings. The minimum Gasteiger partial charge on any atom is -0.385 e. The van der Waals surface area contributed by atoms with Crippen LogP contribution in [0.3, 0.4) is 0 Å². The Hall–Kier alpha value is -4.80. The molecule has 0 aliphatic heterocycles. The maximum absolute atomic E-state index is 3.40. The summed E-state index contributed by atoms with van der Waals surface area (Å²) >= 11 is 0. The molecule has 2 N–H and O–H groups in total. The highest BCUT2D eigenvalue weighted by atomic mass is 28.1. The van der Waals surface area contributed by atoms with Gasteiger partial charge in [0.1, 0.15) is 10.2 Å². The Kier molecular flexibility index (Phi) is 14.5. The van der Waals surface area contributed by atoms with Crippen LogP contribution in [0.5, 0.6) is 0 Å². The van der Waals surface area contributed by atoms with Gasteiger partial charge in [-0.3, -0.25) is 0 Å². The zero-order valence-electron chi connectivity index (χ0n) is 16.7. The third-order valence-corrected chi connectivity index (χ3v) is 3.23. The number of benzene rings is 1. The lowest BCUT2D eigenvalue weighted by molar-refractivity contribution is 0.660. The zero-order chi connectivity index (χ0) is 22.2. The Morgan fingerprint density at radius 1 is 0.677 bits per heavy atom. The third-order valence-electron chi connectivity index (χ3n) is 2.93. The van der Waals surface area contributed by atoms with Crippen LogP contribution in [-0.2, 0) is 6.54 Å². The maximum atomic E-state index is 3.40. The van der Waals surface area contributed by atoms with E-state index >= 15 is 0 Å². The SMILES string of the molecule is C=C=C=C=C=C=C=C=C=C=C=C=C=C=C=C=C=C=C([Si])NCCNCc1ccccc1. The molecule has 3 heteroatoms. The van der Waals surface area contributed by atoms with E-state index in [2.05, 4.69) is 137 Å². The van der Waals surface area contributed by atoms with E-state index in [0.29, 0.717) is 5.32 Å². The third kappa shape index (κ3) is 15.9. The summed E-state index contributed by atoms with van der Waals surface area (Å²) in [5, 5.41) is 7.15. The Morgan fingerprint density at radius 3 is 1.68 bits per heavy atom. The minimum atomic E-state index is 0.663. The minimum absolute atomic E-state index is 0.663. The summed E-state index contributed by atoms with van der Waals surface area (Å²) in [4.78, 5) is 0. The van der Waals surface area contributed by atoms with E-state index in [1.54, 1.807) is 0 Å². The molecule has 1 aromatic carbocycles. The number of hydrogen-bond donors (Lipinski definition) is 2. The van der Waals surface area contributed by atoms with Crippen molar-refractivity contribution in [3.05, 3.63) is 145 Å². The molecule has 0 aromatic heterocycles. The Morgan fingerprint density at radius 2 is 1.16 bits per heavy atom. The van der Waals surface area contributed by atoms with Gasteiger partial charge in [-0.15, -0.1) is 0 Å². The van der Waals surface area contributed by atoms with Crippen molar-refractivity contribution >= 4 is 10.2 Å². The molecule has 0 bridgehead atoms. The van der Waals surface area contributed by atoms with Crippen LogP contribution in [0.15, 0.2) is 140 Å². The standard InChI is InChI=1S/C28H15N2Si/c1-2-3-4-5-6-7-8-9-10-11-12-13-14-15-16-20-23-28(31)30-25-24-29-26-27-21-18-17-19-22-27/h17-19,21-22,29-30H,1,24-26H2. The first-order valence-electron chi connectivity index (χ1n) is 8.93. The van der Waals surface area contributed by atoms with Crippen molar-refractivity contribution in [2.75, 3.05) is 13.1 Å². The number of rotatable bonds is 6. The van der Waals surface area contributed by atoms with Gasteiger partial charge in [0.15, 0.2) is 0 Å². The van der Waals surface area contributed by atoms with Crippen molar-refractivity contribution in [3.8, 4) is 0 Å². The Balaban J connectivity index is 2.69. The smallest absolute Gasteiger partial charge is 0.109 e. The molecular weight excluding hydrogens is 392 g/mol. The first-order valence-corrected chi connectivity index (χ1v) is 9.43. The Bertz CT molecular complexity index is 1420. The summed E-state index contributed by atoms with van der Waals surface area (Å²) in [6.07, 6.45) is 0. The highest BCUT2D eigenvalue weighted by molar-refractivity contribution is 6.20. The molecule has 0 spiro atoms. The second-order valence-corrected chi connectivity index (χ2v) is 5.64. The maximum Gasteiger partial charge on any atom is 0.109 e. The lowest BCUT2D eigenvalue weighted by Gasteiger charge is -2.06. The van der Waals surface area contributed by atoms with Gasteiger partial charge < -0.3 is 10.6 Å². The van der Waals surface area contributed by atoms with Gasteiger partial charge in [0.25, 0.3) is 0 Å². The van der Waals surface area contributed by atoms with Crippen LogP contribution in [0.1, 0.15) is 5.56 Å². The first kappa shape index (κ1) is 24.2. The highest BCUT2D eigenvalue weighted by Gasteiger charge is 1.90. The van der Waals surface area contributed by atoms with Gasteiger partial charge in [0, 0.05) is 25.0 Å². The molecule has 0 saturated carbocycles. The molecule has 141 valence electrons. The van der Waals surface area contributed by atoms with Crippen molar-refractivity contribution < 1.29 is 0 Å². The molecule has 1 aromatic rings. The van der Waals surface area contributed by atoms with E-state index in [0.717, 1.165) is 19.6 Å². The van der Waals surface area contributed by atoms with Gasteiger partial charge in [-0.2, -0.15) is 0 Å². The fourth-order valence-corrected chi connectivity index (χ4v) is 1.88. The fourth-order valence-electron chi connectivity index (χ4n) is 1.69. The van der Waals surface area contributed by atoms with Crippen LogP contribution in [0, 0.1) is 0 Å². The molecule has 0 heterocycles. The summed E-state index contributed by atoms with van der Waals surface area (Å²) < 4.78 is 0. The van der Waals surface area contributed by atoms with Crippen molar-refractivity contribution in [3.63, 3.8) is 0 Å². The molecule has 2 nitrogen and oxygen atoms in total. The normalized spacial score (nSPS) is 6.61. The lowest BCUT2D eigenvalue weighted by Crippen LogP contribution is -2.26. The van der Waals surface area contributed by atoms with Gasteiger partial charge in [0.05, 0.1) is 0 Å². The van der Waals surface area contributed by atoms with E-state index in [-0.39, 0.29) is 0 Å². The molecule has 0 atom stereocenters. The molecule has 31 heavy (non-hydrogen) atoms. The summed E-state index contributed by atoms with van der Waals surface area (Å²) in [6.45, 7) is 5.70. The quantitative estimate of drug-likeness (QED) is 0.427. The molecule has 1 rings (SSSR count). The van der Waals surface area contributed by atoms with Gasteiger partial charge in [-0.05, 0) is 104 Å². The average molecular weight is 408 g/mol. The summed E-state index contributed by atoms with van der Waals surface area (Å²) in [7, 11) is 3.40. The van der Waals surface area contributed by atoms with Crippen LogP contribution >= 0.6 is 0 Å². The first-order chi connectivity index (χ1) is 15.3. The highest BCUT2D eigenvalue weighted by Crippen LogP contribution is 1.96. The summed E-state index contributed by atoms with van der Waals surface area (Å²) in [5.74, 6) is 0. The molecule has 0 fully saturated rings. The number of nitrogens with one attached hydrogen (secondary N) is 2. The molecule has 3 radical (unpaired) electrons. The van der Waals surface area contributed by atoms with Crippen molar-refractivity contribution in [1.29, 1.82) is 0 Å². The van der Waals surface area contributed by atoms with Gasteiger partial charge in [-0.1, -0.05) is 36.1 Å². The van der Waals surface area contributed by atoms with Gasteiger partial charge >= 0.3 is 0 Å². The zero-order valence-corrected chi connectivity index (χ0v) is 17.7. The van der Waals surface area contributed by atoms with Crippen LogP contribution < -0.4 is 10.6 Å². The van der Waals surface area contributed by atoms with E-state index in [1.165, 1.54) is 5.56 Å². The van der Waals surface area contributed by atoms with Crippen molar-refractivity contribution in [1.82, 2.24) is 10.6 Å². The predicted octanol–water partition coefficient (Wildman–Crippen LogP) is 3.64. The number of hydrogen-bond acceptors (Lipinski definition) is 2. The molecule has 0 saturated heterocycles. The molecule has 0 amide bonds. The second kappa shape index (κ2) is 18.6. The van der Waals surface area contributed by atoms with E-state index in [9.17, 15) is 0 Å². The summed E-state index contributed by atoms with van der Waals surface area (Å²) in [5.41, 5.74) is 44.6.